The molecular formula is C21H28O5. The predicted molar refractivity (Wildman–Crippen MR) is 100.0 cm³/mol. The van der Waals surface area contributed by atoms with E-state index in [1.165, 1.54) is 0 Å². The summed E-state index contributed by atoms with van der Waals surface area (Å²) in [7, 11) is 0. The number of hydrogen-bond acceptors (Lipinski definition) is 3. The molecule has 5 heteroatoms. The summed E-state index contributed by atoms with van der Waals surface area (Å²) in [6.07, 6.45) is 3.53. The minimum absolute atomic E-state index is 0.0948. The Kier molecular flexibility index (Phi) is 9.34. The molecule has 0 bridgehead atoms. The van der Waals surface area contributed by atoms with Crippen molar-refractivity contribution in [1.82, 2.24) is 0 Å². The molecule has 0 saturated heterocycles. The smallest absolute Gasteiger partial charge is 0.332 e. The van der Waals surface area contributed by atoms with Gasteiger partial charge in [-0.05, 0) is 17.9 Å². The van der Waals surface area contributed by atoms with E-state index in [2.05, 4.69) is 6.92 Å². The molecule has 0 aliphatic rings. The van der Waals surface area contributed by atoms with Gasteiger partial charge in [0.25, 0.3) is 0 Å². The number of hydrogen-bond donors (Lipinski definition) is 2. The highest BCUT2D eigenvalue weighted by Gasteiger charge is 2.24. The summed E-state index contributed by atoms with van der Waals surface area (Å²) >= 11 is 0. The van der Waals surface area contributed by atoms with Crippen LogP contribution in [0.15, 0.2) is 41.5 Å². The first-order chi connectivity index (χ1) is 12.4. The SMILES string of the molecule is CCCCC(CC)C/C(C(=O)O)=C(/CC(=O)Cc1ccccc1)C(=O)O. The molecule has 0 fully saturated rings. The number of Topliss-reactive ketones (excluding diaryl/α,β-unsaturated/α-hetero) is 1. The Hall–Kier alpha value is -2.43. The van der Waals surface area contributed by atoms with Gasteiger partial charge in [-0.3, -0.25) is 4.79 Å². The second-order valence-electron chi connectivity index (χ2n) is 6.57. The number of carbonyl (C=O) groups is 3. The molecule has 1 aromatic carbocycles. The fraction of sp³-hybridized carbons (Fsp3) is 0.476. The Morgan fingerprint density at radius 2 is 1.58 bits per heavy atom. The van der Waals surface area contributed by atoms with Gasteiger partial charge in [0.1, 0.15) is 5.78 Å². The van der Waals surface area contributed by atoms with Gasteiger partial charge in [-0.1, -0.05) is 69.9 Å². The van der Waals surface area contributed by atoms with E-state index in [9.17, 15) is 24.6 Å². The lowest BCUT2D eigenvalue weighted by Crippen LogP contribution is -2.18. The lowest BCUT2D eigenvalue weighted by atomic mass is 9.88. The number of rotatable bonds is 12. The van der Waals surface area contributed by atoms with E-state index >= 15 is 0 Å². The molecule has 0 aliphatic heterocycles. The van der Waals surface area contributed by atoms with E-state index in [-0.39, 0.29) is 42.1 Å². The average molecular weight is 360 g/mol. The van der Waals surface area contributed by atoms with Crippen LogP contribution in [0.5, 0.6) is 0 Å². The van der Waals surface area contributed by atoms with Crippen LogP contribution in [0.3, 0.4) is 0 Å². The number of unbranched alkanes of at least 4 members (excludes halogenated alkanes) is 1. The Bertz CT molecular complexity index is 646. The van der Waals surface area contributed by atoms with Gasteiger partial charge < -0.3 is 10.2 Å². The van der Waals surface area contributed by atoms with Crippen molar-refractivity contribution in [1.29, 1.82) is 0 Å². The van der Waals surface area contributed by atoms with Crippen LogP contribution in [0.4, 0.5) is 0 Å². The first kappa shape index (κ1) is 21.6. The van der Waals surface area contributed by atoms with Crippen molar-refractivity contribution in [2.75, 3.05) is 0 Å². The lowest BCUT2D eigenvalue weighted by Gasteiger charge is -2.16. The molecule has 26 heavy (non-hydrogen) atoms. The summed E-state index contributed by atoms with van der Waals surface area (Å²) in [6.45, 7) is 4.03. The molecule has 5 nitrogen and oxygen atoms in total. The molecule has 0 heterocycles. The van der Waals surface area contributed by atoms with Gasteiger partial charge in [0.05, 0.1) is 5.57 Å². The molecule has 0 saturated carbocycles. The maximum absolute atomic E-state index is 12.3. The zero-order valence-corrected chi connectivity index (χ0v) is 15.5. The van der Waals surface area contributed by atoms with Crippen LogP contribution in [0, 0.1) is 5.92 Å². The highest BCUT2D eigenvalue weighted by molar-refractivity contribution is 6.02. The standard InChI is InChI=1S/C21H28O5/c1-3-5-9-15(4-2)13-18(20(23)24)19(21(25)26)14-17(22)12-16-10-7-6-8-11-16/h6-8,10-11,15H,3-5,9,12-14H2,1-2H3,(H,23,24)(H,25,26)/b19-18+. The van der Waals surface area contributed by atoms with Gasteiger partial charge in [0.15, 0.2) is 0 Å². The molecule has 0 amide bonds. The van der Waals surface area contributed by atoms with Crippen molar-refractivity contribution in [3.63, 3.8) is 0 Å². The summed E-state index contributed by atoms with van der Waals surface area (Å²) in [5, 5.41) is 19.0. The Morgan fingerprint density at radius 1 is 0.962 bits per heavy atom. The minimum atomic E-state index is -1.32. The molecule has 1 rings (SSSR count). The second kappa shape index (κ2) is 11.2. The number of ketones is 1. The van der Waals surface area contributed by atoms with Crippen LogP contribution in [0.25, 0.3) is 0 Å². The predicted octanol–water partition coefficient (Wildman–Crippen LogP) is 4.26. The van der Waals surface area contributed by atoms with Gasteiger partial charge in [-0.15, -0.1) is 0 Å². The third-order valence-corrected chi connectivity index (χ3v) is 4.53. The fourth-order valence-electron chi connectivity index (χ4n) is 2.97. The van der Waals surface area contributed by atoms with Gasteiger partial charge in [0.2, 0.25) is 0 Å². The van der Waals surface area contributed by atoms with Crippen LogP contribution in [0.1, 0.15) is 57.9 Å². The third-order valence-electron chi connectivity index (χ3n) is 4.53. The normalized spacial score (nSPS) is 13.0. The number of benzene rings is 1. The van der Waals surface area contributed by atoms with Gasteiger partial charge >= 0.3 is 11.9 Å². The quantitative estimate of drug-likeness (QED) is 0.543. The van der Waals surface area contributed by atoms with Crippen LogP contribution < -0.4 is 0 Å². The maximum atomic E-state index is 12.3. The highest BCUT2D eigenvalue weighted by Crippen LogP contribution is 2.25. The first-order valence-electron chi connectivity index (χ1n) is 9.13. The van der Waals surface area contributed by atoms with Crippen molar-refractivity contribution in [2.24, 2.45) is 5.92 Å². The maximum Gasteiger partial charge on any atom is 0.332 e. The Labute approximate surface area is 154 Å². The van der Waals surface area contributed by atoms with Crippen molar-refractivity contribution < 1.29 is 24.6 Å². The van der Waals surface area contributed by atoms with Crippen molar-refractivity contribution in [3.05, 3.63) is 47.0 Å². The second-order valence-corrected chi connectivity index (χ2v) is 6.57. The molecule has 1 unspecified atom stereocenters. The van der Waals surface area contributed by atoms with E-state index < -0.39 is 11.9 Å². The summed E-state index contributed by atoms with van der Waals surface area (Å²) in [6, 6.07) is 9.02. The molecule has 1 aromatic rings. The Morgan fingerprint density at radius 3 is 2.08 bits per heavy atom. The molecule has 0 radical (unpaired) electrons. The molecule has 1 atom stereocenters. The van der Waals surface area contributed by atoms with Crippen molar-refractivity contribution in [2.45, 2.75) is 58.8 Å². The van der Waals surface area contributed by atoms with Gasteiger partial charge in [0, 0.05) is 18.4 Å². The number of aliphatic carboxylic acids is 2. The third kappa shape index (κ3) is 7.21. The molecule has 142 valence electrons. The molecule has 0 aliphatic carbocycles. The van der Waals surface area contributed by atoms with Crippen LogP contribution in [-0.4, -0.2) is 27.9 Å². The zero-order chi connectivity index (χ0) is 19.5. The average Bonchev–Trinajstić information content (AvgIpc) is 2.61. The van der Waals surface area contributed by atoms with Gasteiger partial charge in [-0.25, -0.2) is 9.59 Å². The summed E-state index contributed by atoms with van der Waals surface area (Å²) in [5.74, 6) is -2.76. The van der Waals surface area contributed by atoms with E-state index in [1.54, 1.807) is 24.3 Å². The van der Waals surface area contributed by atoms with Gasteiger partial charge in [-0.2, -0.15) is 0 Å². The van der Waals surface area contributed by atoms with E-state index in [1.807, 2.05) is 13.0 Å². The number of carboxylic acids is 2. The number of carboxylic acid groups (broad SMARTS) is 2. The van der Waals surface area contributed by atoms with Crippen LogP contribution >= 0.6 is 0 Å². The summed E-state index contributed by atoms with van der Waals surface area (Å²) < 4.78 is 0. The molecule has 0 spiro atoms. The summed E-state index contributed by atoms with van der Waals surface area (Å²) in [5.41, 5.74) is 0.365. The molecular weight excluding hydrogens is 332 g/mol. The topological polar surface area (TPSA) is 91.7 Å². The zero-order valence-electron chi connectivity index (χ0n) is 15.5. The van der Waals surface area contributed by atoms with Crippen LogP contribution in [-0.2, 0) is 20.8 Å². The first-order valence-corrected chi connectivity index (χ1v) is 9.13. The molecule has 2 N–H and O–H groups in total. The van der Waals surface area contributed by atoms with Crippen molar-refractivity contribution in [3.8, 4) is 0 Å². The van der Waals surface area contributed by atoms with E-state index in [4.69, 9.17) is 0 Å². The fourth-order valence-corrected chi connectivity index (χ4v) is 2.97. The largest absolute Gasteiger partial charge is 0.478 e. The number of carbonyl (C=O) groups excluding carboxylic acids is 1. The minimum Gasteiger partial charge on any atom is -0.478 e. The van der Waals surface area contributed by atoms with Crippen LogP contribution in [0.2, 0.25) is 0 Å². The monoisotopic (exact) mass is 360 g/mol. The lowest BCUT2D eigenvalue weighted by molar-refractivity contribution is -0.136. The van der Waals surface area contributed by atoms with E-state index in [0.29, 0.717) is 0 Å². The van der Waals surface area contributed by atoms with Crippen molar-refractivity contribution >= 4 is 17.7 Å². The Balaban J connectivity index is 3.00. The van der Waals surface area contributed by atoms with E-state index in [0.717, 1.165) is 31.2 Å². The highest BCUT2D eigenvalue weighted by atomic mass is 16.4. The molecule has 0 aromatic heterocycles. The summed E-state index contributed by atoms with van der Waals surface area (Å²) in [4.78, 5) is 35.6.